The summed E-state index contributed by atoms with van der Waals surface area (Å²) in [6.45, 7) is 2.09. The minimum Gasteiger partial charge on any atom is -0.466 e. The normalized spacial score (nSPS) is 13.7. The molecule has 4 nitrogen and oxygen atoms in total. The first kappa shape index (κ1) is 16.9. The highest BCUT2D eigenvalue weighted by atomic mass is 31.1. The van der Waals surface area contributed by atoms with Crippen molar-refractivity contribution in [3.8, 4) is 0 Å². The lowest BCUT2D eigenvalue weighted by molar-refractivity contribution is -0.147. The molecule has 2 unspecified atom stereocenters. The Morgan fingerprint density at radius 2 is 2.05 bits per heavy atom. The Bertz CT molecular complexity index is 419. The van der Waals surface area contributed by atoms with E-state index in [0.29, 0.717) is 13.0 Å². The first-order valence-corrected chi connectivity index (χ1v) is 8.82. The third-order valence-corrected chi connectivity index (χ3v) is 4.43. The van der Waals surface area contributed by atoms with Gasteiger partial charge in [-0.1, -0.05) is 30.3 Å². The van der Waals surface area contributed by atoms with Gasteiger partial charge in [-0.05, 0) is 31.7 Å². The van der Waals surface area contributed by atoms with Crippen LogP contribution in [0.5, 0.6) is 0 Å². The largest absolute Gasteiger partial charge is 0.466 e. The highest BCUT2D eigenvalue weighted by Gasteiger charge is 2.21. The van der Waals surface area contributed by atoms with E-state index in [1.807, 2.05) is 18.2 Å². The van der Waals surface area contributed by atoms with Crippen molar-refractivity contribution in [1.29, 1.82) is 0 Å². The molecular formula is C15H23O4P. The lowest BCUT2D eigenvalue weighted by Crippen LogP contribution is -2.20. The van der Waals surface area contributed by atoms with Crippen LogP contribution in [0.25, 0.3) is 0 Å². The van der Waals surface area contributed by atoms with Gasteiger partial charge in [0.05, 0.1) is 18.9 Å². The first-order valence-electron chi connectivity index (χ1n) is 7.00. The Kier molecular flexibility index (Phi) is 8.24. The van der Waals surface area contributed by atoms with Crippen LogP contribution in [-0.4, -0.2) is 30.2 Å². The van der Waals surface area contributed by atoms with Gasteiger partial charge in [-0.15, -0.1) is 0 Å². The maximum atomic E-state index is 11.8. The Morgan fingerprint density at radius 3 is 2.65 bits per heavy atom. The summed E-state index contributed by atoms with van der Waals surface area (Å²) in [4.78, 5) is 11.8. The summed E-state index contributed by atoms with van der Waals surface area (Å²) in [6.07, 6.45) is 2.28. The maximum absolute atomic E-state index is 11.8. The molecule has 1 N–H and O–H groups in total. The second kappa shape index (κ2) is 9.73. The summed E-state index contributed by atoms with van der Waals surface area (Å²) in [5.74, 6) is -0.662. The molecule has 0 amide bonds. The van der Waals surface area contributed by atoms with E-state index in [-0.39, 0.29) is 24.4 Å². The molecule has 0 aliphatic carbocycles. The molecule has 5 heteroatoms. The summed E-state index contributed by atoms with van der Waals surface area (Å²) in [5.41, 5.74) is 1.23. The average Bonchev–Trinajstić information content (AvgIpc) is 2.47. The molecule has 0 radical (unpaired) electrons. The van der Waals surface area contributed by atoms with Crippen LogP contribution in [0.3, 0.4) is 0 Å². The molecule has 0 aliphatic rings. The molecule has 2 atom stereocenters. The van der Waals surface area contributed by atoms with Crippen molar-refractivity contribution in [3.05, 3.63) is 35.9 Å². The van der Waals surface area contributed by atoms with Crippen molar-refractivity contribution >= 4 is 13.8 Å². The van der Waals surface area contributed by atoms with Gasteiger partial charge in [0.15, 0.2) is 0 Å². The molecular weight excluding hydrogens is 275 g/mol. The molecule has 0 saturated carbocycles. The van der Waals surface area contributed by atoms with Crippen molar-refractivity contribution in [3.63, 3.8) is 0 Å². The number of carbonyl (C=O) groups is 1. The summed E-state index contributed by atoms with van der Waals surface area (Å²) < 4.78 is 16.5. The van der Waals surface area contributed by atoms with E-state index >= 15 is 0 Å². The van der Waals surface area contributed by atoms with Gasteiger partial charge in [0.1, 0.15) is 7.80 Å². The lowest BCUT2D eigenvalue weighted by Gasteiger charge is -2.14. The number of aryl methyl sites for hydroxylation is 1. The van der Waals surface area contributed by atoms with E-state index < -0.39 is 7.80 Å². The topological polar surface area (TPSA) is 63.6 Å². The lowest BCUT2D eigenvalue weighted by atomic mass is 10.0. The molecule has 0 aliphatic heterocycles. The average molecular weight is 298 g/mol. The molecule has 20 heavy (non-hydrogen) atoms. The Labute approximate surface area is 120 Å². The van der Waals surface area contributed by atoms with Gasteiger partial charge in [-0.25, -0.2) is 0 Å². The van der Waals surface area contributed by atoms with Crippen molar-refractivity contribution in [2.75, 3.05) is 19.1 Å². The minimum atomic E-state index is -2.08. The number of rotatable bonds is 9. The second-order valence-corrected chi connectivity index (χ2v) is 6.53. The van der Waals surface area contributed by atoms with Gasteiger partial charge in [-0.2, -0.15) is 0 Å². The zero-order valence-electron chi connectivity index (χ0n) is 11.9. The quantitative estimate of drug-likeness (QED) is 0.562. The van der Waals surface area contributed by atoms with Crippen LogP contribution >= 0.6 is 7.80 Å². The predicted octanol–water partition coefficient (Wildman–Crippen LogP) is 2.70. The van der Waals surface area contributed by atoms with Gasteiger partial charge < -0.3 is 14.4 Å². The number of hydrogen-bond acceptors (Lipinski definition) is 4. The monoisotopic (exact) mass is 298 g/mol. The smallest absolute Gasteiger partial charge is 0.309 e. The Hall–Kier alpha value is -1.12. The standard InChI is InChI=1S/C15H23O4P/c1-2-19-15(17)14(11-20(18)12-16)10-6-9-13-7-4-3-5-8-13/h3-5,7-8,14,16,20H,2,6,9-12H2,1H3. The van der Waals surface area contributed by atoms with Gasteiger partial charge in [0, 0.05) is 6.16 Å². The molecule has 0 bridgehead atoms. The number of ether oxygens (including phenoxy) is 1. The summed E-state index contributed by atoms with van der Waals surface area (Å²) in [5, 5.41) is 8.88. The number of aliphatic hydroxyl groups is 1. The van der Waals surface area contributed by atoms with Gasteiger partial charge in [0.25, 0.3) is 0 Å². The van der Waals surface area contributed by atoms with Gasteiger partial charge in [-0.3, -0.25) is 4.79 Å². The van der Waals surface area contributed by atoms with E-state index in [1.165, 1.54) is 5.56 Å². The summed E-state index contributed by atoms with van der Waals surface area (Å²) in [7, 11) is -2.08. The number of hydrogen-bond donors (Lipinski definition) is 1. The fourth-order valence-electron chi connectivity index (χ4n) is 2.10. The van der Waals surface area contributed by atoms with E-state index in [1.54, 1.807) is 6.92 Å². The fraction of sp³-hybridized carbons (Fsp3) is 0.533. The van der Waals surface area contributed by atoms with Crippen LogP contribution < -0.4 is 0 Å². The highest BCUT2D eigenvalue weighted by Crippen LogP contribution is 2.26. The third kappa shape index (κ3) is 6.36. The van der Waals surface area contributed by atoms with Crippen LogP contribution in [0.1, 0.15) is 25.3 Å². The van der Waals surface area contributed by atoms with Crippen molar-refractivity contribution in [1.82, 2.24) is 0 Å². The number of carbonyl (C=O) groups excluding carboxylic acids is 1. The van der Waals surface area contributed by atoms with Crippen molar-refractivity contribution in [2.45, 2.75) is 26.2 Å². The van der Waals surface area contributed by atoms with Crippen molar-refractivity contribution in [2.24, 2.45) is 5.92 Å². The van der Waals surface area contributed by atoms with Gasteiger partial charge >= 0.3 is 5.97 Å². The Balaban J connectivity index is 2.47. The molecule has 0 spiro atoms. The van der Waals surface area contributed by atoms with Crippen LogP contribution in [0.2, 0.25) is 0 Å². The number of benzene rings is 1. The van der Waals surface area contributed by atoms with Crippen molar-refractivity contribution < 1.29 is 19.2 Å². The molecule has 1 aromatic carbocycles. The Morgan fingerprint density at radius 1 is 1.35 bits per heavy atom. The molecule has 1 aromatic rings. The van der Waals surface area contributed by atoms with Gasteiger partial charge in [0.2, 0.25) is 0 Å². The molecule has 0 fully saturated rings. The number of esters is 1. The zero-order chi connectivity index (χ0) is 14.8. The third-order valence-electron chi connectivity index (χ3n) is 3.13. The first-order chi connectivity index (χ1) is 9.67. The van der Waals surface area contributed by atoms with E-state index in [0.717, 1.165) is 12.8 Å². The molecule has 1 rings (SSSR count). The summed E-state index contributed by atoms with van der Waals surface area (Å²) >= 11 is 0. The maximum Gasteiger partial charge on any atom is 0.309 e. The number of aliphatic hydroxyl groups excluding tert-OH is 1. The van der Waals surface area contributed by atoms with Crippen LogP contribution in [-0.2, 0) is 20.5 Å². The predicted molar refractivity (Wildman–Crippen MR) is 80.5 cm³/mol. The molecule has 112 valence electrons. The minimum absolute atomic E-state index is 0.245. The van der Waals surface area contributed by atoms with Crippen LogP contribution in [0.15, 0.2) is 30.3 Å². The van der Waals surface area contributed by atoms with E-state index in [9.17, 15) is 9.36 Å². The second-order valence-electron chi connectivity index (χ2n) is 4.73. The van der Waals surface area contributed by atoms with E-state index in [4.69, 9.17) is 9.84 Å². The molecule has 0 heterocycles. The summed E-state index contributed by atoms with van der Waals surface area (Å²) in [6, 6.07) is 10.1. The fourth-order valence-corrected chi connectivity index (χ4v) is 3.15. The van der Waals surface area contributed by atoms with Crippen LogP contribution in [0.4, 0.5) is 0 Å². The zero-order valence-corrected chi connectivity index (χ0v) is 12.9. The molecule has 0 saturated heterocycles. The molecule has 0 aromatic heterocycles. The van der Waals surface area contributed by atoms with E-state index in [2.05, 4.69) is 12.1 Å². The highest BCUT2D eigenvalue weighted by molar-refractivity contribution is 7.44. The van der Waals surface area contributed by atoms with Crippen LogP contribution in [0, 0.1) is 5.92 Å². The SMILES string of the molecule is CCOC(=O)C(CCCc1ccccc1)C[PH](=O)CO.